The van der Waals surface area contributed by atoms with Crippen LogP contribution in [0.1, 0.15) is 53.0 Å². The van der Waals surface area contributed by atoms with Crippen molar-refractivity contribution in [3.05, 3.63) is 46.6 Å². The van der Waals surface area contributed by atoms with E-state index in [1.807, 2.05) is 41.8 Å². The molecule has 8 nitrogen and oxygen atoms in total. The average molecular weight is 415 g/mol. The summed E-state index contributed by atoms with van der Waals surface area (Å²) in [6, 6.07) is 5.79. The van der Waals surface area contributed by atoms with Crippen molar-refractivity contribution in [1.29, 1.82) is 0 Å². The minimum absolute atomic E-state index is 0.0129. The molecule has 1 atom stereocenters. The zero-order valence-corrected chi connectivity index (χ0v) is 18.2. The lowest BCUT2D eigenvalue weighted by Crippen LogP contribution is -2.51. The number of amides is 2. The van der Waals surface area contributed by atoms with Gasteiger partial charge in [-0.1, -0.05) is 11.2 Å². The molecule has 1 aliphatic rings. The van der Waals surface area contributed by atoms with Crippen LogP contribution in [0.2, 0.25) is 0 Å². The molecule has 0 saturated carbocycles. The number of aromatic nitrogens is 2. The van der Waals surface area contributed by atoms with E-state index in [0.29, 0.717) is 43.3 Å². The third kappa shape index (κ3) is 5.24. The molecule has 3 rings (SSSR count). The smallest absolute Gasteiger partial charge is 0.253 e. The molecule has 2 heterocycles. The van der Waals surface area contributed by atoms with Gasteiger partial charge in [0.1, 0.15) is 6.61 Å². The van der Waals surface area contributed by atoms with E-state index >= 15 is 0 Å². The number of hydrogen-bond donors (Lipinski definition) is 0. The molecule has 1 aliphatic heterocycles. The fraction of sp³-hybridized carbons (Fsp3) is 0.545. The quantitative estimate of drug-likeness (QED) is 0.692. The van der Waals surface area contributed by atoms with E-state index in [0.717, 1.165) is 18.4 Å². The average Bonchev–Trinajstić information content (AvgIpc) is 3.17. The zero-order valence-electron chi connectivity index (χ0n) is 18.2. The number of piperidine rings is 1. The van der Waals surface area contributed by atoms with E-state index in [-0.39, 0.29) is 24.5 Å². The number of likely N-dealkylation sites (tertiary alicyclic amines) is 1. The van der Waals surface area contributed by atoms with E-state index in [1.165, 1.54) is 5.56 Å². The number of aryl methyl sites for hydroxylation is 2. The van der Waals surface area contributed by atoms with Gasteiger partial charge in [-0.3, -0.25) is 9.59 Å². The van der Waals surface area contributed by atoms with E-state index in [1.54, 1.807) is 14.0 Å². The van der Waals surface area contributed by atoms with Crippen molar-refractivity contribution in [2.75, 3.05) is 26.7 Å². The predicted octanol–water partition coefficient (Wildman–Crippen LogP) is 2.53. The summed E-state index contributed by atoms with van der Waals surface area (Å²) in [5.41, 5.74) is 2.97. The number of nitrogens with zero attached hydrogens (tertiary/aromatic N) is 4. The lowest BCUT2D eigenvalue weighted by atomic mass is 10.0. The molecule has 2 aromatic rings. The second kappa shape index (κ2) is 9.84. The zero-order chi connectivity index (χ0) is 21.7. The van der Waals surface area contributed by atoms with Crippen LogP contribution >= 0.6 is 0 Å². The lowest BCUT2D eigenvalue weighted by molar-refractivity contribution is -0.132. The van der Waals surface area contributed by atoms with Crippen molar-refractivity contribution < 1.29 is 18.8 Å². The van der Waals surface area contributed by atoms with Crippen LogP contribution in [0.5, 0.6) is 0 Å². The summed E-state index contributed by atoms with van der Waals surface area (Å²) < 4.78 is 10.1. The van der Waals surface area contributed by atoms with E-state index < -0.39 is 0 Å². The van der Waals surface area contributed by atoms with Gasteiger partial charge in [0.25, 0.3) is 11.8 Å². The third-order valence-corrected chi connectivity index (χ3v) is 5.64. The molecule has 30 heavy (non-hydrogen) atoms. The fourth-order valence-corrected chi connectivity index (χ4v) is 3.84. The van der Waals surface area contributed by atoms with Crippen molar-refractivity contribution >= 4 is 11.8 Å². The summed E-state index contributed by atoms with van der Waals surface area (Å²) in [6.45, 7) is 7.60. The van der Waals surface area contributed by atoms with Crippen molar-refractivity contribution in [3.8, 4) is 0 Å². The van der Waals surface area contributed by atoms with E-state index in [2.05, 4.69) is 10.1 Å². The van der Waals surface area contributed by atoms with Crippen LogP contribution in [0.25, 0.3) is 0 Å². The SMILES string of the molecule is COCc1nc(CCN(C(C)=O)C2CCCN(C(=O)c3ccc(C)c(C)c3)C2)no1. The number of benzene rings is 1. The summed E-state index contributed by atoms with van der Waals surface area (Å²) in [7, 11) is 1.56. The van der Waals surface area contributed by atoms with Gasteiger partial charge in [0.15, 0.2) is 5.82 Å². The standard InChI is InChI=1S/C22H30N4O4/c1-15-7-8-18(12-16(15)2)22(28)25-10-5-6-19(13-25)26(17(3)27)11-9-20-23-21(14-29-4)30-24-20/h7-8,12,19H,5-6,9-11,13-14H2,1-4H3. The highest BCUT2D eigenvalue weighted by Crippen LogP contribution is 2.20. The fourth-order valence-electron chi connectivity index (χ4n) is 3.84. The first-order valence-electron chi connectivity index (χ1n) is 10.3. The number of hydrogen-bond acceptors (Lipinski definition) is 6. The van der Waals surface area contributed by atoms with Gasteiger partial charge in [0, 0.05) is 51.7 Å². The molecule has 0 bridgehead atoms. The van der Waals surface area contributed by atoms with Crippen molar-refractivity contribution in [2.24, 2.45) is 0 Å². The molecule has 2 amide bonds. The summed E-state index contributed by atoms with van der Waals surface area (Å²) in [4.78, 5) is 33.3. The van der Waals surface area contributed by atoms with Gasteiger partial charge >= 0.3 is 0 Å². The van der Waals surface area contributed by atoms with Crippen molar-refractivity contribution in [1.82, 2.24) is 19.9 Å². The van der Waals surface area contributed by atoms with Gasteiger partial charge in [-0.05, 0) is 49.9 Å². The van der Waals surface area contributed by atoms with Crippen LogP contribution in [-0.2, 0) is 22.6 Å². The molecular weight excluding hydrogens is 384 g/mol. The Labute approximate surface area is 177 Å². The van der Waals surface area contributed by atoms with Gasteiger partial charge in [-0.2, -0.15) is 4.98 Å². The third-order valence-electron chi connectivity index (χ3n) is 5.64. The number of carbonyl (C=O) groups is 2. The summed E-state index contributed by atoms with van der Waals surface area (Å²) >= 11 is 0. The Morgan fingerprint density at radius 3 is 2.80 bits per heavy atom. The Kier molecular flexibility index (Phi) is 7.20. The highest BCUT2D eigenvalue weighted by molar-refractivity contribution is 5.94. The lowest BCUT2D eigenvalue weighted by Gasteiger charge is -2.39. The summed E-state index contributed by atoms with van der Waals surface area (Å²) in [6.07, 6.45) is 2.23. The Balaban J connectivity index is 1.65. The molecule has 0 N–H and O–H groups in total. The molecule has 0 spiro atoms. The van der Waals surface area contributed by atoms with Crippen LogP contribution in [0.4, 0.5) is 0 Å². The first kappa shape index (κ1) is 22.0. The number of carbonyl (C=O) groups excluding carboxylic acids is 2. The van der Waals surface area contributed by atoms with Gasteiger partial charge in [-0.25, -0.2) is 0 Å². The number of ether oxygens (including phenoxy) is 1. The first-order chi connectivity index (χ1) is 14.4. The number of rotatable bonds is 7. The first-order valence-corrected chi connectivity index (χ1v) is 10.3. The molecule has 1 unspecified atom stereocenters. The largest absolute Gasteiger partial charge is 0.375 e. The van der Waals surface area contributed by atoms with Crippen molar-refractivity contribution in [2.45, 2.75) is 52.7 Å². The second-order valence-electron chi connectivity index (χ2n) is 7.85. The summed E-state index contributed by atoms with van der Waals surface area (Å²) in [5.74, 6) is 0.978. The van der Waals surface area contributed by atoms with Crippen LogP contribution in [-0.4, -0.2) is 64.5 Å². The minimum atomic E-state index is -0.0166. The highest BCUT2D eigenvalue weighted by atomic mass is 16.5. The van der Waals surface area contributed by atoms with Crippen LogP contribution in [0.3, 0.4) is 0 Å². The molecule has 8 heteroatoms. The van der Waals surface area contributed by atoms with E-state index in [9.17, 15) is 9.59 Å². The molecule has 0 aliphatic carbocycles. The van der Waals surface area contributed by atoms with Crippen LogP contribution < -0.4 is 0 Å². The topological polar surface area (TPSA) is 88.8 Å². The van der Waals surface area contributed by atoms with Crippen molar-refractivity contribution in [3.63, 3.8) is 0 Å². The maximum absolute atomic E-state index is 13.0. The van der Waals surface area contributed by atoms with Gasteiger partial charge < -0.3 is 19.1 Å². The maximum Gasteiger partial charge on any atom is 0.253 e. The Morgan fingerprint density at radius 1 is 1.30 bits per heavy atom. The van der Waals surface area contributed by atoms with Crippen LogP contribution in [0, 0.1) is 13.8 Å². The molecule has 0 radical (unpaired) electrons. The van der Waals surface area contributed by atoms with Gasteiger partial charge in [0.2, 0.25) is 5.91 Å². The molecule has 162 valence electrons. The molecule has 1 fully saturated rings. The Bertz CT molecular complexity index is 895. The van der Waals surface area contributed by atoms with Gasteiger partial charge in [0.05, 0.1) is 0 Å². The summed E-state index contributed by atoms with van der Waals surface area (Å²) in [5, 5.41) is 3.94. The number of methoxy groups -OCH3 is 1. The Hall–Kier alpha value is -2.74. The second-order valence-corrected chi connectivity index (χ2v) is 7.85. The Morgan fingerprint density at radius 2 is 2.10 bits per heavy atom. The normalized spacial score (nSPS) is 16.5. The maximum atomic E-state index is 13.0. The molecular formula is C22H30N4O4. The van der Waals surface area contributed by atoms with E-state index in [4.69, 9.17) is 9.26 Å². The highest BCUT2D eigenvalue weighted by Gasteiger charge is 2.30. The predicted molar refractivity (Wildman–Crippen MR) is 111 cm³/mol. The minimum Gasteiger partial charge on any atom is -0.375 e. The monoisotopic (exact) mass is 414 g/mol. The van der Waals surface area contributed by atoms with Crippen LogP contribution in [0.15, 0.2) is 22.7 Å². The molecule has 1 saturated heterocycles. The van der Waals surface area contributed by atoms with Gasteiger partial charge in [-0.15, -0.1) is 0 Å². The molecule has 1 aromatic heterocycles. The molecule has 1 aromatic carbocycles.